The second kappa shape index (κ2) is 9.92. The molecule has 0 radical (unpaired) electrons. The molecule has 0 aromatic heterocycles. The third-order valence-electron chi connectivity index (χ3n) is 4.42. The van der Waals surface area contributed by atoms with Gasteiger partial charge in [0.05, 0.1) is 11.1 Å². The number of nitrogens with zero attached hydrogens (tertiary/aromatic N) is 2. The van der Waals surface area contributed by atoms with Crippen molar-refractivity contribution < 1.29 is 4.79 Å². The van der Waals surface area contributed by atoms with E-state index in [1.54, 1.807) is 12.1 Å². The number of rotatable bonds is 7. The van der Waals surface area contributed by atoms with Crippen LogP contribution in [-0.4, -0.2) is 31.4 Å². The first-order valence-electron chi connectivity index (χ1n) is 9.38. The third kappa shape index (κ3) is 5.71. The van der Waals surface area contributed by atoms with Crippen LogP contribution in [0.15, 0.2) is 82.6 Å². The number of carbonyl (C=O) groups is 1. The molecule has 0 heterocycles. The number of anilines is 1. The Morgan fingerprint density at radius 2 is 1.62 bits per heavy atom. The summed E-state index contributed by atoms with van der Waals surface area (Å²) in [5.74, 6) is -0.163. The average molecular weight is 402 g/mol. The van der Waals surface area contributed by atoms with E-state index in [0.717, 1.165) is 28.4 Å². The summed E-state index contributed by atoms with van der Waals surface area (Å²) in [7, 11) is 4.11. The van der Waals surface area contributed by atoms with Crippen molar-refractivity contribution in [1.82, 2.24) is 4.90 Å². The Kier molecular flexibility index (Phi) is 7.07. The van der Waals surface area contributed by atoms with E-state index in [9.17, 15) is 10.1 Å². The van der Waals surface area contributed by atoms with E-state index < -0.39 is 0 Å². The van der Waals surface area contributed by atoms with Crippen molar-refractivity contribution in [2.24, 2.45) is 0 Å². The van der Waals surface area contributed by atoms with Gasteiger partial charge in [0, 0.05) is 22.0 Å². The highest BCUT2D eigenvalue weighted by Crippen LogP contribution is 2.32. The minimum atomic E-state index is -0.163. The van der Waals surface area contributed by atoms with Gasteiger partial charge in [-0.1, -0.05) is 48.2 Å². The third-order valence-corrected chi connectivity index (χ3v) is 5.57. The lowest BCUT2D eigenvalue weighted by Crippen LogP contribution is -2.15. The van der Waals surface area contributed by atoms with Crippen molar-refractivity contribution in [2.75, 3.05) is 26.0 Å². The number of nitriles is 1. The van der Waals surface area contributed by atoms with Crippen LogP contribution < -0.4 is 5.32 Å². The van der Waals surface area contributed by atoms with Crippen molar-refractivity contribution in [3.63, 3.8) is 0 Å². The molecule has 146 valence electrons. The van der Waals surface area contributed by atoms with Crippen molar-refractivity contribution in [3.8, 4) is 6.07 Å². The molecule has 0 saturated heterocycles. The molecule has 0 atom stereocenters. The molecule has 0 unspecified atom stereocenters. The molecule has 0 aliphatic carbocycles. The van der Waals surface area contributed by atoms with Gasteiger partial charge in [-0.2, -0.15) is 5.26 Å². The molecule has 4 nitrogen and oxygen atoms in total. The van der Waals surface area contributed by atoms with Crippen LogP contribution in [0.3, 0.4) is 0 Å². The number of hydrogen-bond acceptors (Lipinski definition) is 4. The quantitative estimate of drug-likeness (QED) is 0.601. The van der Waals surface area contributed by atoms with Gasteiger partial charge in [-0.05, 0) is 62.5 Å². The lowest BCUT2D eigenvalue weighted by molar-refractivity contribution is 0.102. The van der Waals surface area contributed by atoms with E-state index in [-0.39, 0.29) is 5.91 Å². The number of hydrogen-bond donors (Lipinski definition) is 1. The minimum absolute atomic E-state index is 0.163. The van der Waals surface area contributed by atoms with E-state index in [1.807, 2.05) is 60.7 Å². The summed E-state index contributed by atoms with van der Waals surface area (Å²) in [5, 5.41) is 12.3. The maximum Gasteiger partial charge on any atom is 0.256 e. The van der Waals surface area contributed by atoms with Crippen molar-refractivity contribution in [2.45, 2.75) is 16.2 Å². The van der Waals surface area contributed by atoms with Gasteiger partial charge in [-0.15, -0.1) is 0 Å². The normalized spacial score (nSPS) is 10.6. The first-order chi connectivity index (χ1) is 14.1. The van der Waals surface area contributed by atoms with E-state index in [0.29, 0.717) is 11.1 Å². The molecule has 0 saturated carbocycles. The lowest BCUT2D eigenvalue weighted by Gasteiger charge is -2.12. The molecule has 3 aromatic rings. The highest BCUT2D eigenvalue weighted by atomic mass is 32.2. The van der Waals surface area contributed by atoms with Crippen LogP contribution >= 0.6 is 11.8 Å². The van der Waals surface area contributed by atoms with Crippen molar-refractivity contribution >= 4 is 23.4 Å². The second-order valence-electron chi connectivity index (χ2n) is 6.91. The minimum Gasteiger partial charge on any atom is -0.322 e. The maximum atomic E-state index is 12.9. The monoisotopic (exact) mass is 401 g/mol. The summed E-state index contributed by atoms with van der Waals surface area (Å²) < 4.78 is 0. The number of carbonyl (C=O) groups excluding carboxylic acids is 1. The van der Waals surface area contributed by atoms with Gasteiger partial charge in [0.2, 0.25) is 0 Å². The molecule has 3 aromatic carbocycles. The summed E-state index contributed by atoms with van der Waals surface area (Å²) in [4.78, 5) is 16.7. The van der Waals surface area contributed by atoms with Gasteiger partial charge in [-0.25, -0.2) is 0 Å². The molecular formula is C24H23N3OS. The fourth-order valence-electron chi connectivity index (χ4n) is 2.82. The highest BCUT2D eigenvalue weighted by Gasteiger charge is 2.14. The predicted octanol–water partition coefficient (Wildman–Crippen LogP) is 5.07. The topological polar surface area (TPSA) is 56.1 Å². The Bertz CT molecular complexity index is 1020. The Labute approximate surface area is 176 Å². The Morgan fingerprint density at radius 1 is 0.966 bits per heavy atom. The number of nitrogens with one attached hydrogen (secondary N) is 1. The first-order valence-corrected chi connectivity index (χ1v) is 10.2. The van der Waals surface area contributed by atoms with E-state index in [4.69, 9.17) is 0 Å². The van der Waals surface area contributed by atoms with Crippen molar-refractivity contribution in [3.05, 3.63) is 89.5 Å². The lowest BCUT2D eigenvalue weighted by atomic mass is 10.1. The number of likely N-dealkylation sites (N-methyl/N-ethyl adjacent to an activating group) is 1. The predicted molar refractivity (Wildman–Crippen MR) is 118 cm³/mol. The zero-order chi connectivity index (χ0) is 20.6. The van der Waals surface area contributed by atoms with Gasteiger partial charge < -0.3 is 10.2 Å². The van der Waals surface area contributed by atoms with Crippen LogP contribution in [0, 0.1) is 11.3 Å². The molecule has 0 aliphatic rings. The van der Waals surface area contributed by atoms with Gasteiger partial charge in [0.25, 0.3) is 5.91 Å². The summed E-state index contributed by atoms with van der Waals surface area (Å²) in [6.45, 7) is 0.987. The van der Waals surface area contributed by atoms with Gasteiger partial charge >= 0.3 is 0 Å². The van der Waals surface area contributed by atoms with Crippen LogP contribution in [0.25, 0.3) is 0 Å². The first kappa shape index (κ1) is 20.7. The second-order valence-corrected chi connectivity index (χ2v) is 7.99. The number of amides is 1. The summed E-state index contributed by atoms with van der Waals surface area (Å²) in [6, 6.07) is 25.0. The number of benzene rings is 3. The SMILES string of the molecule is CN(C)CCc1ccc(NC(=O)c2ccccc2Sc2ccccc2C#N)cc1. The fourth-order valence-corrected chi connectivity index (χ4v) is 3.84. The average Bonchev–Trinajstić information content (AvgIpc) is 2.74. The Morgan fingerprint density at radius 3 is 2.31 bits per heavy atom. The van der Waals surface area contributed by atoms with E-state index in [2.05, 4.69) is 30.4 Å². The fraction of sp³-hybridized carbons (Fsp3) is 0.167. The smallest absolute Gasteiger partial charge is 0.256 e. The molecule has 0 spiro atoms. The molecule has 3 rings (SSSR count). The Hall–Kier alpha value is -3.07. The van der Waals surface area contributed by atoms with Crippen LogP contribution in [0.5, 0.6) is 0 Å². The highest BCUT2D eigenvalue weighted by molar-refractivity contribution is 7.99. The summed E-state index contributed by atoms with van der Waals surface area (Å²) in [6.07, 6.45) is 0.971. The van der Waals surface area contributed by atoms with Crippen LogP contribution in [0.2, 0.25) is 0 Å². The molecule has 29 heavy (non-hydrogen) atoms. The van der Waals surface area contributed by atoms with Gasteiger partial charge in [-0.3, -0.25) is 4.79 Å². The summed E-state index contributed by atoms with van der Waals surface area (Å²) in [5.41, 5.74) is 3.18. The van der Waals surface area contributed by atoms with E-state index in [1.165, 1.54) is 17.3 Å². The molecule has 1 amide bonds. The molecule has 0 bridgehead atoms. The van der Waals surface area contributed by atoms with E-state index >= 15 is 0 Å². The largest absolute Gasteiger partial charge is 0.322 e. The van der Waals surface area contributed by atoms with Crippen LogP contribution in [0.4, 0.5) is 5.69 Å². The van der Waals surface area contributed by atoms with Crippen LogP contribution in [0.1, 0.15) is 21.5 Å². The van der Waals surface area contributed by atoms with Crippen molar-refractivity contribution in [1.29, 1.82) is 5.26 Å². The zero-order valence-corrected chi connectivity index (χ0v) is 17.4. The van der Waals surface area contributed by atoms with Crippen LogP contribution in [-0.2, 0) is 6.42 Å². The zero-order valence-electron chi connectivity index (χ0n) is 16.6. The van der Waals surface area contributed by atoms with Gasteiger partial charge in [0.1, 0.15) is 6.07 Å². The molecule has 5 heteroatoms. The molecule has 0 fully saturated rings. The molecule has 0 aliphatic heterocycles. The molecule has 1 N–H and O–H groups in total. The standard InChI is InChI=1S/C24H23N3OS/c1-27(2)16-15-18-11-13-20(14-12-18)26-24(28)21-8-4-6-10-23(21)29-22-9-5-3-7-19(22)17-25/h3-14H,15-16H2,1-2H3,(H,26,28). The summed E-state index contributed by atoms with van der Waals surface area (Å²) >= 11 is 1.43. The Balaban J connectivity index is 1.74. The molecular weight excluding hydrogens is 378 g/mol. The van der Waals surface area contributed by atoms with Gasteiger partial charge in [0.15, 0.2) is 0 Å². The maximum absolute atomic E-state index is 12.9.